The van der Waals surface area contributed by atoms with E-state index in [4.69, 9.17) is 14.0 Å². The van der Waals surface area contributed by atoms with Crippen LogP contribution in [-0.4, -0.2) is 23.9 Å². The molecule has 0 unspecified atom stereocenters. The molecule has 7 heteroatoms. The zero-order chi connectivity index (χ0) is 33.1. The van der Waals surface area contributed by atoms with Gasteiger partial charge >= 0.3 is 0 Å². The lowest BCUT2D eigenvalue weighted by atomic mass is 9.95. The number of rotatable bonds is 14. The van der Waals surface area contributed by atoms with Gasteiger partial charge < -0.3 is 19.3 Å². The van der Waals surface area contributed by atoms with Gasteiger partial charge in [-0.15, -0.1) is 0 Å². The first kappa shape index (κ1) is 32.0. The Morgan fingerprint density at radius 2 is 1.31 bits per heavy atom. The van der Waals surface area contributed by atoms with Crippen LogP contribution in [0.1, 0.15) is 50.0 Å². The monoisotopic (exact) mass is 636 g/mol. The number of carbonyl (C=O) groups excluding carboxylic acids is 2. The summed E-state index contributed by atoms with van der Waals surface area (Å²) in [6.45, 7) is 2.96. The number of nitrogens with one attached hydrogen (secondary N) is 1. The van der Waals surface area contributed by atoms with Gasteiger partial charge in [-0.25, -0.2) is 0 Å². The highest BCUT2D eigenvalue weighted by Gasteiger charge is 2.27. The highest BCUT2D eigenvalue weighted by Crippen LogP contribution is 2.43. The molecule has 1 heterocycles. The van der Waals surface area contributed by atoms with Crippen molar-refractivity contribution in [2.75, 3.05) is 6.54 Å². The van der Waals surface area contributed by atoms with Gasteiger partial charge in [0.15, 0.2) is 11.5 Å². The largest absolute Gasteiger partial charge is 0.488 e. The van der Waals surface area contributed by atoms with Crippen LogP contribution < -0.4 is 14.8 Å². The second kappa shape index (κ2) is 15.6. The normalized spacial score (nSPS) is 10.8. The summed E-state index contributed by atoms with van der Waals surface area (Å²) in [5.74, 6) is 1.24. The molecule has 0 saturated carbocycles. The maximum Gasteiger partial charge on any atom is 0.274 e. The molecule has 0 saturated heterocycles. The van der Waals surface area contributed by atoms with Crippen molar-refractivity contribution in [1.82, 2.24) is 10.5 Å². The molecule has 0 fully saturated rings. The number of aryl methyl sites for hydroxylation is 2. The molecule has 240 valence electrons. The van der Waals surface area contributed by atoms with E-state index in [1.54, 1.807) is 24.3 Å². The molecule has 0 radical (unpaired) electrons. The number of amides is 1. The zero-order valence-corrected chi connectivity index (χ0v) is 26.7. The van der Waals surface area contributed by atoms with Crippen LogP contribution in [0.3, 0.4) is 0 Å². The smallest absolute Gasteiger partial charge is 0.274 e. The molecule has 0 aliphatic heterocycles. The molecule has 0 atom stereocenters. The Balaban J connectivity index is 1.49. The molecule has 48 heavy (non-hydrogen) atoms. The summed E-state index contributed by atoms with van der Waals surface area (Å²) in [7, 11) is 0. The molecule has 1 aromatic heterocycles. The van der Waals surface area contributed by atoms with Gasteiger partial charge in [0.05, 0.1) is 11.1 Å². The standard InChI is InChI=1S/C41H36N2O5/c1-2-42-41(45)39-38(33-21-19-30(26-44)20-22-33)40(48-43-39)35-24-34(23-18-29-12-6-3-7-13-29)36(46-27-31-14-8-4-9-15-31)25-37(35)47-28-32-16-10-5-11-17-32/h3-17,19-22,24-26H,2,18,23,27-28H2,1H3,(H,42,45). The Morgan fingerprint density at radius 1 is 0.729 bits per heavy atom. The van der Waals surface area contributed by atoms with Crippen molar-refractivity contribution in [2.45, 2.75) is 33.0 Å². The van der Waals surface area contributed by atoms with Crippen LogP contribution in [0.5, 0.6) is 11.5 Å². The summed E-state index contributed by atoms with van der Waals surface area (Å²) in [4.78, 5) is 24.7. The molecule has 5 aromatic carbocycles. The number of benzene rings is 5. The predicted octanol–water partition coefficient (Wildman–Crippen LogP) is 8.51. The number of aldehydes is 1. The first-order valence-electron chi connectivity index (χ1n) is 16.0. The van der Waals surface area contributed by atoms with E-state index < -0.39 is 0 Å². The van der Waals surface area contributed by atoms with Gasteiger partial charge in [0.1, 0.15) is 31.0 Å². The highest BCUT2D eigenvalue weighted by atomic mass is 16.5. The summed E-state index contributed by atoms with van der Waals surface area (Å²) in [6.07, 6.45) is 2.25. The maximum atomic E-state index is 13.3. The Labute approximate surface area is 280 Å². The van der Waals surface area contributed by atoms with Gasteiger partial charge in [-0.3, -0.25) is 9.59 Å². The average Bonchev–Trinajstić information content (AvgIpc) is 3.59. The number of carbonyl (C=O) groups is 2. The van der Waals surface area contributed by atoms with Crippen molar-refractivity contribution in [3.05, 3.63) is 161 Å². The lowest BCUT2D eigenvalue weighted by Crippen LogP contribution is -2.23. The van der Waals surface area contributed by atoms with Gasteiger partial charge in [-0.05, 0) is 53.6 Å². The molecule has 0 aliphatic carbocycles. The fraction of sp³-hybridized carbons (Fsp3) is 0.146. The van der Waals surface area contributed by atoms with Crippen LogP contribution in [0.2, 0.25) is 0 Å². The first-order valence-corrected chi connectivity index (χ1v) is 16.0. The summed E-state index contributed by atoms with van der Waals surface area (Å²) >= 11 is 0. The predicted molar refractivity (Wildman–Crippen MR) is 186 cm³/mol. The summed E-state index contributed by atoms with van der Waals surface area (Å²) in [5, 5.41) is 7.11. The van der Waals surface area contributed by atoms with Gasteiger partial charge in [0.25, 0.3) is 5.91 Å². The van der Waals surface area contributed by atoms with Crippen LogP contribution >= 0.6 is 0 Å². The van der Waals surface area contributed by atoms with Crippen molar-refractivity contribution in [3.8, 4) is 33.9 Å². The number of ether oxygens (including phenoxy) is 2. The number of nitrogens with zero attached hydrogens (tertiary/aromatic N) is 1. The third kappa shape index (κ3) is 7.70. The molecular formula is C41H36N2O5. The summed E-state index contributed by atoms with van der Waals surface area (Å²) in [6, 6.07) is 41.2. The molecule has 1 N–H and O–H groups in total. The van der Waals surface area contributed by atoms with Gasteiger partial charge in [-0.2, -0.15) is 0 Å². The Morgan fingerprint density at radius 3 is 1.90 bits per heavy atom. The minimum absolute atomic E-state index is 0.148. The number of hydrogen-bond acceptors (Lipinski definition) is 6. The van der Waals surface area contributed by atoms with Crippen LogP contribution in [0, 0.1) is 0 Å². The molecular weight excluding hydrogens is 600 g/mol. The van der Waals surface area contributed by atoms with Crippen molar-refractivity contribution in [1.29, 1.82) is 0 Å². The minimum atomic E-state index is -0.360. The fourth-order valence-corrected chi connectivity index (χ4v) is 5.50. The maximum absolute atomic E-state index is 13.3. The SMILES string of the molecule is CCNC(=O)c1noc(-c2cc(CCc3ccccc3)c(OCc3ccccc3)cc2OCc2ccccc2)c1-c1ccc(C=O)cc1. The fourth-order valence-electron chi connectivity index (χ4n) is 5.50. The molecule has 1 amide bonds. The van der Waals surface area contributed by atoms with E-state index in [0.717, 1.165) is 29.4 Å². The third-order valence-electron chi connectivity index (χ3n) is 7.99. The molecule has 6 rings (SSSR count). The molecule has 0 aliphatic rings. The van der Waals surface area contributed by atoms with E-state index in [1.165, 1.54) is 5.56 Å². The highest BCUT2D eigenvalue weighted by molar-refractivity contribution is 6.02. The lowest BCUT2D eigenvalue weighted by Gasteiger charge is -2.18. The molecule has 6 aromatic rings. The van der Waals surface area contributed by atoms with E-state index in [-0.39, 0.29) is 11.6 Å². The van der Waals surface area contributed by atoms with Gasteiger partial charge in [-0.1, -0.05) is 120 Å². The Bertz CT molecular complexity index is 1950. The van der Waals surface area contributed by atoms with Crippen LogP contribution in [-0.2, 0) is 26.1 Å². The summed E-state index contributed by atoms with van der Waals surface area (Å²) < 4.78 is 19.0. The zero-order valence-electron chi connectivity index (χ0n) is 26.7. The average molecular weight is 637 g/mol. The summed E-state index contributed by atoms with van der Waals surface area (Å²) in [5.41, 5.74) is 6.69. The van der Waals surface area contributed by atoms with Crippen molar-refractivity contribution in [2.24, 2.45) is 0 Å². The van der Waals surface area contributed by atoms with E-state index >= 15 is 0 Å². The van der Waals surface area contributed by atoms with E-state index in [1.807, 2.05) is 97.9 Å². The van der Waals surface area contributed by atoms with Crippen molar-refractivity contribution < 1.29 is 23.6 Å². The third-order valence-corrected chi connectivity index (χ3v) is 7.99. The Hall–Kier alpha value is -5.95. The number of hydrogen-bond donors (Lipinski definition) is 1. The minimum Gasteiger partial charge on any atom is -0.488 e. The van der Waals surface area contributed by atoms with E-state index in [0.29, 0.717) is 65.7 Å². The van der Waals surface area contributed by atoms with Gasteiger partial charge in [0.2, 0.25) is 0 Å². The molecule has 7 nitrogen and oxygen atoms in total. The first-order chi connectivity index (χ1) is 23.6. The second-order valence-corrected chi connectivity index (χ2v) is 11.3. The van der Waals surface area contributed by atoms with E-state index in [2.05, 4.69) is 22.6 Å². The topological polar surface area (TPSA) is 90.7 Å². The van der Waals surface area contributed by atoms with Crippen LogP contribution in [0.15, 0.2) is 132 Å². The van der Waals surface area contributed by atoms with Crippen molar-refractivity contribution in [3.63, 3.8) is 0 Å². The Kier molecular flexibility index (Phi) is 10.4. The van der Waals surface area contributed by atoms with Crippen LogP contribution in [0.4, 0.5) is 0 Å². The quantitative estimate of drug-likeness (QED) is 0.121. The van der Waals surface area contributed by atoms with E-state index in [9.17, 15) is 9.59 Å². The number of aromatic nitrogens is 1. The van der Waals surface area contributed by atoms with Gasteiger partial charge in [0, 0.05) is 18.2 Å². The molecule has 0 spiro atoms. The second-order valence-electron chi connectivity index (χ2n) is 11.3. The molecule has 0 bridgehead atoms. The lowest BCUT2D eigenvalue weighted by molar-refractivity contribution is 0.0947. The van der Waals surface area contributed by atoms with Crippen LogP contribution in [0.25, 0.3) is 22.5 Å². The van der Waals surface area contributed by atoms with Crippen molar-refractivity contribution >= 4 is 12.2 Å².